The van der Waals surface area contributed by atoms with Gasteiger partial charge < -0.3 is 10.6 Å². The monoisotopic (exact) mass is 361 g/mol. The van der Waals surface area contributed by atoms with Crippen LogP contribution in [0.5, 0.6) is 0 Å². The number of halogens is 2. The average Bonchev–Trinajstić information content (AvgIpc) is 3.01. The Morgan fingerprint density at radius 1 is 1.23 bits per heavy atom. The van der Waals surface area contributed by atoms with Gasteiger partial charge in [0.1, 0.15) is 0 Å². The summed E-state index contributed by atoms with van der Waals surface area (Å²) < 4.78 is 0. The molecular formula is C15H21Cl2N3OS. The number of carbonyl (C=O) groups excluding carboxylic acids is 1. The Morgan fingerprint density at radius 3 is 2.73 bits per heavy atom. The summed E-state index contributed by atoms with van der Waals surface area (Å²) in [6, 6.07) is 7.56. The summed E-state index contributed by atoms with van der Waals surface area (Å²) in [5.41, 5.74) is 4.35. The quantitative estimate of drug-likeness (QED) is 0.743. The van der Waals surface area contributed by atoms with Gasteiger partial charge in [0, 0.05) is 29.6 Å². The standard InChI is InChI=1S/C15H19N3OS.2ClH/c1-2-6-16-7-8-17-15(19)13-5-3-4-12(9-13)14-10-20-11-18-14;;/h3-5,9-11,16H,2,6-8H2,1H3,(H,17,19);2*1H. The SMILES string of the molecule is CCCNCCNC(=O)c1cccc(-c2cscn2)c1.Cl.Cl. The number of nitrogens with one attached hydrogen (secondary N) is 2. The predicted octanol–water partition coefficient (Wildman–Crippen LogP) is 3.38. The van der Waals surface area contributed by atoms with E-state index in [9.17, 15) is 4.79 Å². The van der Waals surface area contributed by atoms with E-state index < -0.39 is 0 Å². The van der Waals surface area contributed by atoms with E-state index in [1.165, 1.54) is 0 Å². The molecule has 0 aliphatic carbocycles. The van der Waals surface area contributed by atoms with Crippen molar-refractivity contribution in [1.82, 2.24) is 15.6 Å². The van der Waals surface area contributed by atoms with Crippen LogP contribution >= 0.6 is 36.2 Å². The number of carbonyl (C=O) groups is 1. The van der Waals surface area contributed by atoms with Gasteiger partial charge in [0.2, 0.25) is 0 Å². The molecule has 0 atom stereocenters. The van der Waals surface area contributed by atoms with E-state index in [-0.39, 0.29) is 30.7 Å². The average molecular weight is 362 g/mol. The van der Waals surface area contributed by atoms with Crippen molar-refractivity contribution in [2.24, 2.45) is 0 Å². The minimum absolute atomic E-state index is 0. The highest BCUT2D eigenvalue weighted by Crippen LogP contribution is 2.19. The number of aromatic nitrogens is 1. The van der Waals surface area contributed by atoms with E-state index in [0.29, 0.717) is 12.1 Å². The fourth-order valence-electron chi connectivity index (χ4n) is 1.84. The normalized spacial score (nSPS) is 9.50. The van der Waals surface area contributed by atoms with Crippen molar-refractivity contribution in [3.8, 4) is 11.3 Å². The van der Waals surface area contributed by atoms with Gasteiger partial charge in [-0.2, -0.15) is 0 Å². The van der Waals surface area contributed by atoms with Gasteiger partial charge in [-0.05, 0) is 25.1 Å². The molecular weight excluding hydrogens is 341 g/mol. The molecule has 4 nitrogen and oxygen atoms in total. The Kier molecular flexibility index (Phi) is 10.8. The summed E-state index contributed by atoms with van der Waals surface area (Å²) in [7, 11) is 0. The van der Waals surface area contributed by atoms with Crippen LogP contribution in [0.25, 0.3) is 11.3 Å². The molecule has 7 heteroatoms. The molecule has 1 amide bonds. The Morgan fingerprint density at radius 2 is 2.05 bits per heavy atom. The molecule has 0 aliphatic heterocycles. The van der Waals surface area contributed by atoms with Crippen molar-refractivity contribution >= 4 is 42.1 Å². The van der Waals surface area contributed by atoms with Crippen LogP contribution in [-0.4, -0.2) is 30.5 Å². The highest BCUT2D eigenvalue weighted by Gasteiger charge is 2.07. The molecule has 0 aliphatic rings. The zero-order valence-electron chi connectivity index (χ0n) is 12.4. The van der Waals surface area contributed by atoms with E-state index in [0.717, 1.165) is 30.8 Å². The fraction of sp³-hybridized carbons (Fsp3) is 0.333. The number of thiazole rings is 1. The highest BCUT2D eigenvalue weighted by atomic mass is 35.5. The lowest BCUT2D eigenvalue weighted by atomic mass is 10.1. The van der Waals surface area contributed by atoms with Crippen molar-refractivity contribution in [1.29, 1.82) is 0 Å². The molecule has 122 valence electrons. The minimum atomic E-state index is -0.0413. The first-order chi connectivity index (χ1) is 9.81. The van der Waals surface area contributed by atoms with Crippen LogP contribution in [0.3, 0.4) is 0 Å². The number of nitrogens with zero attached hydrogens (tertiary/aromatic N) is 1. The highest BCUT2D eigenvalue weighted by molar-refractivity contribution is 7.07. The molecule has 0 bridgehead atoms. The number of benzene rings is 1. The number of hydrogen-bond donors (Lipinski definition) is 2. The van der Waals surface area contributed by atoms with Crippen molar-refractivity contribution < 1.29 is 4.79 Å². The van der Waals surface area contributed by atoms with Gasteiger partial charge >= 0.3 is 0 Å². The Hall–Kier alpha value is -1.14. The van der Waals surface area contributed by atoms with E-state index in [1.807, 2.05) is 29.6 Å². The molecule has 0 fully saturated rings. The van der Waals surface area contributed by atoms with Gasteiger partial charge in [0.05, 0.1) is 11.2 Å². The Balaban J connectivity index is 0.00000220. The Bertz CT molecular complexity index is 549. The lowest BCUT2D eigenvalue weighted by Crippen LogP contribution is -2.32. The zero-order chi connectivity index (χ0) is 14.2. The molecule has 2 aromatic rings. The third-order valence-electron chi connectivity index (χ3n) is 2.87. The maximum atomic E-state index is 12.0. The second-order valence-corrected chi connectivity index (χ2v) is 5.18. The third kappa shape index (κ3) is 6.32. The van der Waals surface area contributed by atoms with E-state index >= 15 is 0 Å². The largest absolute Gasteiger partial charge is 0.351 e. The molecule has 1 aromatic heterocycles. The van der Waals surface area contributed by atoms with E-state index in [2.05, 4.69) is 22.5 Å². The summed E-state index contributed by atoms with van der Waals surface area (Å²) in [6.45, 7) is 4.54. The second-order valence-electron chi connectivity index (χ2n) is 4.46. The van der Waals surface area contributed by atoms with Crippen LogP contribution in [0.2, 0.25) is 0 Å². The number of hydrogen-bond acceptors (Lipinski definition) is 4. The second kappa shape index (κ2) is 11.4. The maximum absolute atomic E-state index is 12.0. The van der Waals surface area contributed by atoms with Gasteiger partial charge in [-0.3, -0.25) is 4.79 Å². The van der Waals surface area contributed by atoms with Gasteiger partial charge in [-0.15, -0.1) is 36.2 Å². The molecule has 1 aromatic carbocycles. The van der Waals surface area contributed by atoms with Crippen LogP contribution in [0, 0.1) is 0 Å². The summed E-state index contributed by atoms with van der Waals surface area (Å²) in [5, 5.41) is 8.14. The number of amides is 1. The summed E-state index contributed by atoms with van der Waals surface area (Å²) in [6.07, 6.45) is 1.10. The molecule has 0 radical (unpaired) electrons. The smallest absolute Gasteiger partial charge is 0.251 e. The van der Waals surface area contributed by atoms with Crippen LogP contribution in [0.4, 0.5) is 0 Å². The molecule has 0 unspecified atom stereocenters. The first-order valence-corrected chi connectivity index (χ1v) is 7.73. The van der Waals surface area contributed by atoms with Crippen molar-refractivity contribution in [2.45, 2.75) is 13.3 Å². The van der Waals surface area contributed by atoms with E-state index in [1.54, 1.807) is 16.8 Å². The molecule has 0 saturated heterocycles. The van der Waals surface area contributed by atoms with Crippen molar-refractivity contribution in [2.75, 3.05) is 19.6 Å². The van der Waals surface area contributed by atoms with E-state index in [4.69, 9.17) is 0 Å². The lowest BCUT2D eigenvalue weighted by molar-refractivity contribution is 0.0954. The zero-order valence-corrected chi connectivity index (χ0v) is 14.8. The molecule has 22 heavy (non-hydrogen) atoms. The van der Waals surface area contributed by atoms with Crippen molar-refractivity contribution in [3.05, 3.63) is 40.7 Å². The lowest BCUT2D eigenvalue weighted by Gasteiger charge is -2.07. The van der Waals surface area contributed by atoms with Crippen LogP contribution < -0.4 is 10.6 Å². The van der Waals surface area contributed by atoms with Crippen LogP contribution in [-0.2, 0) is 0 Å². The topological polar surface area (TPSA) is 54.0 Å². The molecule has 0 saturated carbocycles. The molecule has 2 N–H and O–H groups in total. The van der Waals surface area contributed by atoms with Gasteiger partial charge in [0.15, 0.2) is 0 Å². The summed E-state index contributed by atoms with van der Waals surface area (Å²) in [4.78, 5) is 16.3. The maximum Gasteiger partial charge on any atom is 0.251 e. The van der Waals surface area contributed by atoms with Gasteiger partial charge in [0.25, 0.3) is 5.91 Å². The van der Waals surface area contributed by atoms with Gasteiger partial charge in [-0.1, -0.05) is 19.1 Å². The van der Waals surface area contributed by atoms with Crippen LogP contribution in [0.15, 0.2) is 35.2 Å². The minimum Gasteiger partial charge on any atom is -0.351 e. The van der Waals surface area contributed by atoms with Gasteiger partial charge in [-0.25, -0.2) is 4.98 Å². The first-order valence-electron chi connectivity index (χ1n) is 6.79. The molecule has 1 heterocycles. The summed E-state index contributed by atoms with van der Waals surface area (Å²) >= 11 is 1.55. The summed E-state index contributed by atoms with van der Waals surface area (Å²) in [5.74, 6) is -0.0413. The molecule has 2 rings (SSSR count). The predicted molar refractivity (Wildman–Crippen MR) is 97.5 cm³/mol. The molecule has 0 spiro atoms. The number of rotatable bonds is 7. The first kappa shape index (κ1) is 20.9. The Labute approximate surface area is 147 Å². The fourth-order valence-corrected chi connectivity index (χ4v) is 2.40. The third-order valence-corrected chi connectivity index (χ3v) is 3.45. The van der Waals surface area contributed by atoms with Crippen LogP contribution in [0.1, 0.15) is 23.7 Å². The van der Waals surface area contributed by atoms with Crippen molar-refractivity contribution in [3.63, 3.8) is 0 Å².